The second kappa shape index (κ2) is 5.11. The molecule has 106 valence electrons. The van der Waals surface area contributed by atoms with E-state index in [0.717, 1.165) is 0 Å². The number of benzene rings is 1. The van der Waals surface area contributed by atoms with Crippen LogP contribution in [0.5, 0.6) is 0 Å². The fourth-order valence-electron chi connectivity index (χ4n) is 1.73. The summed E-state index contributed by atoms with van der Waals surface area (Å²) >= 11 is 11.8. The molecular weight excluding hydrogens is 301 g/mol. The molecular formula is C14H13Cl2NO3. The lowest BCUT2D eigenvalue weighted by atomic mass is 9.91. The summed E-state index contributed by atoms with van der Waals surface area (Å²) in [6, 6.07) is 4.88. The van der Waals surface area contributed by atoms with E-state index in [2.05, 4.69) is 4.98 Å². The maximum atomic E-state index is 11.3. The third kappa shape index (κ3) is 2.81. The number of halogens is 2. The Morgan fingerprint density at radius 1 is 1.25 bits per heavy atom. The minimum absolute atomic E-state index is 0.154. The first kappa shape index (κ1) is 14.9. The van der Waals surface area contributed by atoms with E-state index < -0.39 is 11.4 Å². The molecule has 0 bridgehead atoms. The van der Waals surface area contributed by atoms with Crippen LogP contribution >= 0.6 is 23.2 Å². The van der Waals surface area contributed by atoms with Gasteiger partial charge >= 0.3 is 5.97 Å². The summed E-state index contributed by atoms with van der Waals surface area (Å²) in [7, 11) is 0. The van der Waals surface area contributed by atoms with Crippen LogP contribution < -0.4 is 0 Å². The summed E-state index contributed by atoms with van der Waals surface area (Å²) in [6.45, 7) is 5.61. The predicted molar refractivity (Wildman–Crippen MR) is 77.6 cm³/mol. The van der Waals surface area contributed by atoms with Crippen molar-refractivity contribution >= 4 is 29.2 Å². The lowest BCUT2D eigenvalue weighted by Gasteiger charge is -2.14. The Morgan fingerprint density at radius 2 is 1.90 bits per heavy atom. The van der Waals surface area contributed by atoms with Gasteiger partial charge in [0.05, 0.1) is 10.0 Å². The largest absolute Gasteiger partial charge is 0.475 e. The lowest BCUT2D eigenvalue weighted by molar-refractivity contribution is 0.0659. The number of carboxylic acids is 1. The fraction of sp³-hybridized carbons (Fsp3) is 0.286. The van der Waals surface area contributed by atoms with Gasteiger partial charge in [0, 0.05) is 11.0 Å². The lowest BCUT2D eigenvalue weighted by Crippen LogP contribution is -2.16. The summed E-state index contributed by atoms with van der Waals surface area (Å²) in [5.41, 5.74) is 0.537. The van der Waals surface area contributed by atoms with Gasteiger partial charge in [-0.1, -0.05) is 44.0 Å². The second-order valence-electron chi connectivity index (χ2n) is 5.38. The van der Waals surface area contributed by atoms with E-state index in [1.165, 1.54) is 0 Å². The number of oxazole rings is 1. The Kier molecular flexibility index (Phi) is 3.80. The van der Waals surface area contributed by atoms with Gasteiger partial charge in [-0.3, -0.25) is 0 Å². The summed E-state index contributed by atoms with van der Waals surface area (Å²) in [6.07, 6.45) is 0. The zero-order chi connectivity index (χ0) is 15.1. The Hall–Kier alpha value is -1.52. The van der Waals surface area contributed by atoms with Crippen LogP contribution in [-0.4, -0.2) is 16.1 Å². The third-order valence-electron chi connectivity index (χ3n) is 2.70. The molecule has 0 saturated carbocycles. The zero-order valence-electron chi connectivity index (χ0n) is 11.2. The second-order valence-corrected chi connectivity index (χ2v) is 6.20. The monoisotopic (exact) mass is 313 g/mol. The maximum absolute atomic E-state index is 11.3. The van der Waals surface area contributed by atoms with E-state index in [1.807, 2.05) is 20.8 Å². The first-order chi connectivity index (χ1) is 9.20. The van der Waals surface area contributed by atoms with Crippen LogP contribution in [0.4, 0.5) is 0 Å². The molecule has 2 aromatic rings. The van der Waals surface area contributed by atoms with E-state index in [0.29, 0.717) is 21.3 Å². The Labute approximate surface area is 126 Å². The number of nitrogens with zero attached hydrogens (tertiary/aromatic N) is 1. The molecule has 0 unspecified atom stereocenters. The minimum Gasteiger partial charge on any atom is -0.475 e. The number of aromatic carboxylic acids is 1. The van der Waals surface area contributed by atoms with Gasteiger partial charge in [0.15, 0.2) is 0 Å². The van der Waals surface area contributed by atoms with Crippen molar-refractivity contribution in [2.75, 3.05) is 0 Å². The van der Waals surface area contributed by atoms with Crippen LogP contribution in [0.2, 0.25) is 10.0 Å². The summed E-state index contributed by atoms with van der Waals surface area (Å²) in [5, 5.41) is 9.98. The number of rotatable bonds is 2. The Morgan fingerprint density at radius 3 is 2.35 bits per heavy atom. The highest BCUT2D eigenvalue weighted by atomic mass is 35.5. The molecule has 0 atom stereocenters. The van der Waals surface area contributed by atoms with E-state index in [1.54, 1.807) is 18.2 Å². The molecule has 0 radical (unpaired) electrons. The van der Waals surface area contributed by atoms with E-state index in [-0.39, 0.29) is 11.7 Å². The highest BCUT2D eigenvalue weighted by molar-refractivity contribution is 6.42. The van der Waals surface area contributed by atoms with Crippen LogP contribution in [-0.2, 0) is 5.41 Å². The first-order valence-corrected chi connectivity index (χ1v) is 6.66. The number of carbonyl (C=O) groups is 1. The maximum Gasteiger partial charge on any atom is 0.373 e. The normalized spacial score (nSPS) is 11.7. The standard InChI is InChI=1S/C14H13Cl2NO3/c1-14(2,3)11-10(13(18)19)20-12(17-11)7-4-5-8(15)9(16)6-7/h4-6H,1-3H3,(H,18,19). The van der Waals surface area contributed by atoms with Crippen molar-refractivity contribution < 1.29 is 14.3 Å². The van der Waals surface area contributed by atoms with Gasteiger partial charge in [-0.15, -0.1) is 0 Å². The van der Waals surface area contributed by atoms with Crippen LogP contribution in [0.3, 0.4) is 0 Å². The topological polar surface area (TPSA) is 63.3 Å². The summed E-state index contributed by atoms with van der Waals surface area (Å²) in [4.78, 5) is 15.5. The molecule has 2 rings (SSSR count). The average molecular weight is 314 g/mol. The first-order valence-electron chi connectivity index (χ1n) is 5.90. The van der Waals surface area contributed by atoms with Crippen molar-refractivity contribution in [3.8, 4) is 11.5 Å². The van der Waals surface area contributed by atoms with Crippen LogP contribution in [0.1, 0.15) is 37.0 Å². The smallest absolute Gasteiger partial charge is 0.373 e. The number of hydrogen-bond acceptors (Lipinski definition) is 3. The highest BCUT2D eigenvalue weighted by Gasteiger charge is 2.29. The van der Waals surface area contributed by atoms with Gasteiger partial charge < -0.3 is 9.52 Å². The quantitative estimate of drug-likeness (QED) is 0.877. The highest BCUT2D eigenvalue weighted by Crippen LogP contribution is 2.32. The Bertz CT molecular complexity index is 672. The molecule has 1 N–H and O–H groups in total. The zero-order valence-corrected chi connectivity index (χ0v) is 12.7. The molecule has 1 heterocycles. The minimum atomic E-state index is -1.14. The van der Waals surface area contributed by atoms with Crippen molar-refractivity contribution in [2.24, 2.45) is 0 Å². The fourth-order valence-corrected chi connectivity index (χ4v) is 2.02. The molecule has 0 fully saturated rings. The van der Waals surface area contributed by atoms with Crippen LogP contribution in [0.15, 0.2) is 22.6 Å². The van der Waals surface area contributed by atoms with Gasteiger partial charge in [-0.05, 0) is 18.2 Å². The molecule has 0 aliphatic carbocycles. The molecule has 0 saturated heterocycles. The van der Waals surface area contributed by atoms with Crippen molar-refractivity contribution in [3.05, 3.63) is 39.7 Å². The molecule has 1 aromatic carbocycles. The molecule has 0 aliphatic rings. The summed E-state index contributed by atoms with van der Waals surface area (Å²) < 4.78 is 5.37. The van der Waals surface area contributed by atoms with Crippen molar-refractivity contribution in [2.45, 2.75) is 26.2 Å². The summed E-state index contributed by atoms with van der Waals surface area (Å²) in [5.74, 6) is -1.09. The van der Waals surface area contributed by atoms with Gasteiger partial charge in [0.1, 0.15) is 5.69 Å². The molecule has 20 heavy (non-hydrogen) atoms. The SMILES string of the molecule is CC(C)(C)c1nc(-c2ccc(Cl)c(Cl)c2)oc1C(=O)O. The molecule has 4 nitrogen and oxygen atoms in total. The van der Waals surface area contributed by atoms with Crippen LogP contribution in [0, 0.1) is 0 Å². The molecule has 0 amide bonds. The molecule has 1 aromatic heterocycles. The van der Waals surface area contributed by atoms with Gasteiger partial charge in [0.25, 0.3) is 0 Å². The predicted octanol–water partition coefficient (Wildman–Crippen LogP) is 4.64. The molecule has 0 spiro atoms. The third-order valence-corrected chi connectivity index (χ3v) is 3.44. The number of aromatic nitrogens is 1. The average Bonchev–Trinajstić information content (AvgIpc) is 2.77. The number of carboxylic acid groups (broad SMARTS) is 1. The van der Waals surface area contributed by atoms with Crippen molar-refractivity contribution in [3.63, 3.8) is 0 Å². The molecule has 6 heteroatoms. The van der Waals surface area contributed by atoms with E-state index >= 15 is 0 Å². The van der Waals surface area contributed by atoms with Gasteiger partial charge in [0.2, 0.25) is 11.7 Å². The van der Waals surface area contributed by atoms with Crippen molar-refractivity contribution in [1.82, 2.24) is 4.98 Å². The van der Waals surface area contributed by atoms with Gasteiger partial charge in [-0.25, -0.2) is 9.78 Å². The van der Waals surface area contributed by atoms with Crippen LogP contribution in [0.25, 0.3) is 11.5 Å². The van der Waals surface area contributed by atoms with E-state index in [4.69, 9.17) is 27.6 Å². The van der Waals surface area contributed by atoms with Gasteiger partial charge in [-0.2, -0.15) is 0 Å². The molecule has 0 aliphatic heterocycles. The number of hydrogen-bond donors (Lipinski definition) is 1. The van der Waals surface area contributed by atoms with E-state index in [9.17, 15) is 9.90 Å². The van der Waals surface area contributed by atoms with Crippen molar-refractivity contribution in [1.29, 1.82) is 0 Å². The Balaban J connectivity index is 2.58.